The molecule has 1 heterocycles. The van der Waals surface area contributed by atoms with E-state index in [1.54, 1.807) is 6.20 Å². The molecule has 0 aliphatic heterocycles. The Morgan fingerprint density at radius 3 is 2.67 bits per heavy atom. The molecular formula is C17H21BrN2O. The first kappa shape index (κ1) is 16.0. The lowest BCUT2D eigenvalue weighted by Crippen LogP contribution is -2.13. The van der Waals surface area contributed by atoms with E-state index in [1.165, 1.54) is 11.1 Å². The van der Waals surface area contributed by atoms with Gasteiger partial charge in [0.2, 0.25) is 5.88 Å². The summed E-state index contributed by atoms with van der Waals surface area (Å²) in [6, 6.07) is 6.27. The highest BCUT2D eigenvalue weighted by atomic mass is 79.9. The van der Waals surface area contributed by atoms with E-state index in [9.17, 15) is 0 Å². The van der Waals surface area contributed by atoms with Crippen LogP contribution < -0.4 is 10.1 Å². The first-order valence-corrected chi connectivity index (χ1v) is 7.91. The Balaban J connectivity index is 2.35. The molecule has 0 radical (unpaired) electrons. The molecule has 0 amide bonds. The number of aryl methyl sites for hydroxylation is 2. The molecule has 2 aromatic rings. The number of hydrogen-bond donors (Lipinski definition) is 1. The van der Waals surface area contributed by atoms with Crippen LogP contribution in [0.5, 0.6) is 11.6 Å². The lowest BCUT2D eigenvalue weighted by atomic mass is 10.1. The number of rotatable bonds is 5. The van der Waals surface area contributed by atoms with Crippen LogP contribution in [0.25, 0.3) is 0 Å². The number of halogens is 1. The SMILES string of the molecule is CCNCc1cc(Br)cnc1Oc1cc(C)cc(C)c1C. The Labute approximate surface area is 134 Å². The van der Waals surface area contributed by atoms with Gasteiger partial charge in [0.1, 0.15) is 5.75 Å². The van der Waals surface area contributed by atoms with Gasteiger partial charge < -0.3 is 10.1 Å². The van der Waals surface area contributed by atoms with Crippen LogP contribution in [-0.4, -0.2) is 11.5 Å². The average Bonchev–Trinajstić information content (AvgIpc) is 2.44. The molecule has 0 aliphatic rings. The number of hydrogen-bond acceptors (Lipinski definition) is 3. The zero-order valence-corrected chi connectivity index (χ0v) is 14.5. The van der Waals surface area contributed by atoms with Gasteiger partial charge in [-0.3, -0.25) is 0 Å². The molecule has 21 heavy (non-hydrogen) atoms. The Morgan fingerprint density at radius 1 is 1.19 bits per heavy atom. The largest absolute Gasteiger partial charge is 0.438 e. The van der Waals surface area contributed by atoms with Crippen molar-refractivity contribution in [2.45, 2.75) is 34.2 Å². The van der Waals surface area contributed by atoms with Crippen molar-refractivity contribution in [2.24, 2.45) is 0 Å². The summed E-state index contributed by atoms with van der Waals surface area (Å²) in [5, 5.41) is 3.31. The Hall–Kier alpha value is -1.39. The highest BCUT2D eigenvalue weighted by molar-refractivity contribution is 9.10. The van der Waals surface area contributed by atoms with Crippen LogP contribution in [-0.2, 0) is 6.54 Å². The molecule has 0 fully saturated rings. The molecule has 1 N–H and O–H groups in total. The summed E-state index contributed by atoms with van der Waals surface area (Å²) in [5.41, 5.74) is 4.62. The summed E-state index contributed by atoms with van der Waals surface area (Å²) in [7, 11) is 0. The van der Waals surface area contributed by atoms with Gasteiger partial charge in [0, 0.05) is 22.8 Å². The quantitative estimate of drug-likeness (QED) is 0.852. The van der Waals surface area contributed by atoms with Crippen molar-refractivity contribution in [3.05, 3.63) is 51.1 Å². The van der Waals surface area contributed by atoms with E-state index in [-0.39, 0.29) is 0 Å². The molecular weight excluding hydrogens is 328 g/mol. The number of nitrogens with zero attached hydrogens (tertiary/aromatic N) is 1. The van der Waals surface area contributed by atoms with Gasteiger partial charge in [0.05, 0.1) is 0 Å². The molecule has 3 nitrogen and oxygen atoms in total. The van der Waals surface area contributed by atoms with Crippen molar-refractivity contribution in [3.63, 3.8) is 0 Å². The molecule has 112 valence electrons. The number of aromatic nitrogens is 1. The second-order valence-electron chi connectivity index (χ2n) is 5.21. The lowest BCUT2D eigenvalue weighted by molar-refractivity contribution is 0.449. The van der Waals surface area contributed by atoms with Crippen LogP contribution in [0, 0.1) is 20.8 Å². The van der Waals surface area contributed by atoms with Crippen LogP contribution in [0.1, 0.15) is 29.2 Å². The molecule has 0 bridgehead atoms. The van der Waals surface area contributed by atoms with Crippen molar-refractivity contribution in [1.29, 1.82) is 0 Å². The normalized spacial score (nSPS) is 10.7. The Bertz CT molecular complexity index is 641. The fourth-order valence-electron chi connectivity index (χ4n) is 2.16. The summed E-state index contributed by atoms with van der Waals surface area (Å²) >= 11 is 3.47. The van der Waals surface area contributed by atoms with Gasteiger partial charge in [0.25, 0.3) is 0 Å². The van der Waals surface area contributed by atoms with Gasteiger partial charge >= 0.3 is 0 Å². The summed E-state index contributed by atoms with van der Waals surface area (Å²) in [6.45, 7) is 9.99. The van der Waals surface area contributed by atoms with E-state index in [0.29, 0.717) is 5.88 Å². The summed E-state index contributed by atoms with van der Waals surface area (Å²) in [6.07, 6.45) is 1.77. The number of nitrogens with one attached hydrogen (secondary N) is 1. The van der Waals surface area contributed by atoms with Crippen molar-refractivity contribution in [1.82, 2.24) is 10.3 Å². The maximum Gasteiger partial charge on any atom is 0.223 e. The standard InChI is InChI=1S/C17H21BrN2O/c1-5-19-9-14-8-15(18)10-20-17(14)21-16-7-11(2)6-12(3)13(16)4/h6-8,10,19H,5,9H2,1-4H3. The third kappa shape index (κ3) is 4.05. The fourth-order valence-corrected chi connectivity index (χ4v) is 2.54. The zero-order valence-electron chi connectivity index (χ0n) is 13.0. The van der Waals surface area contributed by atoms with Gasteiger partial charge in [-0.1, -0.05) is 13.0 Å². The maximum atomic E-state index is 6.08. The van der Waals surface area contributed by atoms with Crippen molar-refractivity contribution in [2.75, 3.05) is 6.54 Å². The second-order valence-corrected chi connectivity index (χ2v) is 6.12. The highest BCUT2D eigenvalue weighted by Crippen LogP contribution is 2.30. The van der Waals surface area contributed by atoms with Crippen LogP contribution in [0.3, 0.4) is 0 Å². The minimum Gasteiger partial charge on any atom is -0.438 e. The number of ether oxygens (including phenoxy) is 1. The van der Waals surface area contributed by atoms with Gasteiger partial charge in [-0.15, -0.1) is 0 Å². The molecule has 0 spiro atoms. The second kappa shape index (κ2) is 7.05. The molecule has 1 aromatic carbocycles. The highest BCUT2D eigenvalue weighted by Gasteiger charge is 2.10. The minimum atomic E-state index is 0.659. The molecule has 0 unspecified atom stereocenters. The third-order valence-corrected chi connectivity index (χ3v) is 3.86. The van der Waals surface area contributed by atoms with Gasteiger partial charge in [-0.25, -0.2) is 4.98 Å². The van der Waals surface area contributed by atoms with Gasteiger partial charge in [-0.2, -0.15) is 0 Å². The zero-order chi connectivity index (χ0) is 15.4. The smallest absolute Gasteiger partial charge is 0.223 e. The predicted molar refractivity (Wildman–Crippen MR) is 90.0 cm³/mol. The maximum absolute atomic E-state index is 6.08. The van der Waals surface area contributed by atoms with E-state index in [1.807, 2.05) is 6.07 Å². The van der Waals surface area contributed by atoms with Crippen molar-refractivity contribution < 1.29 is 4.74 Å². The molecule has 0 saturated heterocycles. The first-order valence-electron chi connectivity index (χ1n) is 7.12. The summed E-state index contributed by atoms with van der Waals surface area (Å²) in [4.78, 5) is 4.42. The summed E-state index contributed by atoms with van der Waals surface area (Å²) in [5.74, 6) is 1.53. The Morgan fingerprint density at radius 2 is 1.95 bits per heavy atom. The molecule has 0 saturated carbocycles. The first-order chi connectivity index (χ1) is 10.0. The Kier molecular flexibility index (Phi) is 5.37. The molecule has 4 heteroatoms. The fraction of sp³-hybridized carbons (Fsp3) is 0.353. The van der Waals surface area contributed by atoms with E-state index in [2.05, 4.69) is 66.1 Å². The lowest BCUT2D eigenvalue weighted by Gasteiger charge is -2.14. The number of pyridine rings is 1. The van der Waals surface area contributed by atoms with Gasteiger partial charge in [-0.05, 0) is 72.1 Å². The van der Waals surface area contributed by atoms with E-state index >= 15 is 0 Å². The van der Waals surface area contributed by atoms with Crippen LogP contribution in [0.15, 0.2) is 28.9 Å². The van der Waals surface area contributed by atoms with E-state index < -0.39 is 0 Å². The monoisotopic (exact) mass is 348 g/mol. The van der Waals surface area contributed by atoms with E-state index in [4.69, 9.17) is 4.74 Å². The van der Waals surface area contributed by atoms with Crippen LogP contribution >= 0.6 is 15.9 Å². The molecule has 0 atom stereocenters. The number of benzene rings is 1. The van der Waals surface area contributed by atoms with Crippen LogP contribution in [0.4, 0.5) is 0 Å². The molecule has 0 aliphatic carbocycles. The van der Waals surface area contributed by atoms with Gasteiger partial charge in [0.15, 0.2) is 0 Å². The summed E-state index contributed by atoms with van der Waals surface area (Å²) < 4.78 is 7.04. The van der Waals surface area contributed by atoms with Crippen molar-refractivity contribution >= 4 is 15.9 Å². The van der Waals surface area contributed by atoms with Crippen LogP contribution in [0.2, 0.25) is 0 Å². The minimum absolute atomic E-state index is 0.659. The van der Waals surface area contributed by atoms with Crippen molar-refractivity contribution in [3.8, 4) is 11.6 Å². The predicted octanol–water partition coefficient (Wildman–Crippen LogP) is 4.67. The average molecular weight is 349 g/mol. The van der Waals surface area contributed by atoms with E-state index in [0.717, 1.165) is 34.4 Å². The molecule has 1 aromatic heterocycles. The molecule has 2 rings (SSSR count). The third-order valence-electron chi connectivity index (χ3n) is 3.43. The topological polar surface area (TPSA) is 34.2 Å².